The third-order valence-corrected chi connectivity index (χ3v) is 3.30. The lowest BCUT2D eigenvalue weighted by atomic mass is 10.2. The molecule has 0 atom stereocenters. The summed E-state index contributed by atoms with van der Waals surface area (Å²) in [7, 11) is 0. The summed E-state index contributed by atoms with van der Waals surface area (Å²) in [6.07, 6.45) is 1.32. The highest BCUT2D eigenvalue weighted by Crippen LogP contribution is 2.30. The maximum Gasteiger partial charge on any atom is 0.347 e. The van der Waals surface area contributed by atoms with E-state index in [0.29, 0.717) is 15.1 Å². The molecular formula is C10H5Cl2NO2S. The molecule has 1 N–H and O–H groups in total. The molecule has 1 aromatic carbocycles. The summed E-state index contributed by atoms with van der Waals surface area (Å²) in [6.45, 7) is 0. The lowest BCUT2D eigenvalue weighted by Crippen LogP contribution is -1.89. The van der Waals surface area contributed by atoms with Crippen molar-refractivity contribution in [3.05, 3.63) is 39.3 Å². The van der Waals surface area contributed by atoms with Crippen molar-refractivity contribution in [3.8, 4) is 10.6 Å². The molecule has 0 amide bonds. The Kier molecular flexibility index (Phi) is 3.14. The highest BCUT2D eigenvalue weighted by atomic mass is 35.5. The van der Waals surface area contributed by atoms with Gasteiger partial charge in [0.1, 0.15) is 9.88 Å². The minimum Gasteiger partial charge on any atom is -0.477 e. The molecule has 0 fully saturated rings. The molecule has 0 spiro atoms. The van der Waals surface area contributed by atoms with E-state index in [2.05, 4.69) is 4.98 Å². The van der Waals surface area contributed by atoms with E-state index in [1.165, 1.54) is 6.20 Å². The van der Waals surface area contributed by atoms with Gasteiger partial charge in [0.15, 0.2) is 0 Å². The summed E-state index contributed by atoms with van der Waals surface area (Å²) in [5, 5.41) is 10.3. The van der Waals surface area contributed by atoms with Gasteiger partial charge in [-0.1, -0.05) is 23.2 Å². The third-order valence-electron chi connectivity index (χ3n) is 1.83. The largest absolute Gasteiger partial charge is 0.477 e. The molecule has 0 radical (unpaired) electrons. The van der Waals surface area contributed by atoms with Crippen molar-refractivity contribution in [2.75, 3.05) is 0 Å². The number of benzene rings is 1. The molecule has 0 bridgehead atoms. The number of hydrogen-bond donors (Lipinski definition) is 1. The van der Waals surface area contributed by atoms with E-state index in [9.17, 15) is 4.79 Å². The van der Waals surface area contributed by atoms with Gasteiger partial charge in [-0.2, -0.15) is 0 Å². The summed E-state index contributed by atoms with van der Waals surface area (Å²) in [5.74, 6) is -0.989. The first-order valence-electron chi connectivity index (χ1n) is 4.22. The van der Waals surface area contributed by atoms with Gasteiger partial charge in [0, 0.05) is 15.6 Å². The smallest absolute Gasteiger partial charge is 0.347 e. The zero-order chi connectivity index (χ0) is 11.7. The standard InChI is InChI=1S/C10H5Cl2NO2S/c11-6-1-5(2-7(12)3-6)9-13-4-8(16-9)10(14)15/h1-4H,(H,14,15). The van der Waals surface area contributed by atoms with E-state index < -0.39 is 5.97 Å². The lowest BCUT2D eigenvalue weighted by molar-refractivity contribution is 0.0702. The van der Waals surface area contributed by atoms with Crippen LogP contribution in [0.3, 0.4) is 0 Å². The van der Waals surface area contributed by atoms with Gasteiger partial charge < -0.3 is 5.11 Å². The molecule has 2 rings (SSSR count). The average molecular weight is 274 g/mol. The molecular weight excluding hydrogens is 269 g/mol. The van der Waals surface area contributed by atoms with E-state index in [1.54, 1.807) is 18.2 Å². The summed E-state index contributed by atoms with van der Waals surface area (Å²) >= 11 is 12.8. The maximum absolute atomic E-state index is 10.7. The topological polar surface area (TPSA) is 50.2 Å². The second-order valence-corrected chi connectivity index (χ2v) is 4.90. The molecule has 82 valence electrons. The van der Waals surface area contributed by atoms with Crippen LogP contribution in [0.25, 0.3) is 10.6 Å². The van der Waals surface area contributed by atoms with E-state index in [0.717, 1.165) is 16.9 Å². The summed E-state index contributed by atoms with van der Waals surface area (Å²) in [6, 6.07) is 4.99. The van der Waals surface area contributed by atoms with Gasteiger partial charge in [-0.3, -0.25) is 0 Å². The molecule has 0 aliphatic heterocycles. The minimum absolute atomic E-state index is 0.186. The quantitative estimate of drug-likeness (QED) is 0.905. The van der Waals surface area contributed by atoms with E-state index >= 15 is 0 Å². The first kappa shape index (κ1) is 11.4. The number of halogens is 2. The molecule has 1 heterocycles. The molecule has 0 aliphatic rings. The van der Waals surface area contributed by atoms with Crippen molar-refractivity contribution in [2.24, 2.45) is 0 Å². The molecule has 16 heavy (non-hydrogen) atoms. The van der Waals surface area contributed by atoms with Crippen LogP contribution in [-0.4, -0.2) is 16.1 Å². The fourth-order valence-electron chi connectivity index (χ4n) is 1.18. The number of aromatic nitrogens is 1. The van der Waals surface area contributed by atoms with Crippen LogP contribution < -0.4 is 0 Å². The molecule has 0 saturated carbocycles. The number of carboxylic acid groups (broad SMARTS) is 1. The number of nitrogens with zero attached hydrogens (tertiary/aromatic N) is 1. The molecule has 0 saturated heterocycles. The van der Waals surface area contributed by atoms with Crippen LogP contribution in [0.5, 0.6) is 0 Å². The van der Waals surface area contributed by atoms with Crippen LogP contribution in [0, 0.1) is 0 Å². The highest BCUT2D eigenvalue weighted by Gasteiger charge is 2.10. The Labute approximate surface area is 105 Å². The van der Waals surface area contributed by atoms with E-state index in [4.69, 9.17) is 28.3 Å². The minimum atomic E-state index is -0.989. The van der Waals surface area contributed by atoms with Gasteiger partial charge in [0.05, 0.1) is 6.20 Å². The Morgan fingerprint density at radius 2 is 1.88 bits per heavy atom. The number of carbonyl (C=O) groups is 1. The maximum atomic E-state index is 10.7. The molecule has 3 nitrogen and oxygen atoms in total. The number of thiazole rings is 1. The monoisotopic (exact) mass is 273 g/mol. The molecule has 6 heteroatoms. The van der Waals surface area contributed by atoms with Crippen LogP contribution >= 0.6 is 34.5 Å². The van der Waals surface area contributed by atoms with Gasteiger partial charge in [0.25, 0.3) is 0 Å². The van der Waals surface area contributed by atoms with E-state index in [-0.39, 0.29) is 4.88 Å². The number of carboxylic acids is 1. The van der Waals surface area contributed by atoms with Crippen LogP contribution in [-0.2, 0) is 0 Å². The van der Waals surface area contributed by atoms with E-state index in [1.807, 2.05) is 0 Å². The zero-order valence-electron chi connectivity index (χ0n) is 7.78. The van der Waals surface area contributed by atoms with Crippen LogP contribution in [0.4, 0.5) is 0 Å². The second-order valence-electron chi connectivity index (χ2n) is 2.99. The highest BCUT2D eigenvalue weighted by molar-refractivity contribution is 7.16. The molecule has 1 aromatic heterocycles. The fourth-order valence-corrected chi connectivity index (χ4v) is 2.45. The molecule has 0 aliphatic carbocycles. The van der Waals surface area contributed by atoms with Gasteiger partial charge in [-0.15, -0.1) is 11.3 Å². The van der Waals surface area contributed by atoms with Crippen molar-refractivity contribution >= 4 is 40.5 Å². The Morgan fingerprint density at radius 1 is 1.25 bits per heavy atom. The average Bonchev–Trinajstić information content (AvgIpc) is 2.64. The summed E-state index contributed by atoms with van der Waals surface area (Å²) in [5.41, 5.74) is 0.718. The Bertz CT molecular complexity index is 533. The van der Waals surface area contributed by atoms with Gasteiger partial charge in [-0.25, -0.2) is 9.78 Å². The molecule has 0 unspecified atom stereocenters. The van der Waals surface area contributed by atoms with Crippen molar-refractivity contribution in [2.45, 2.75) is 0 Å². The Morgan fingerprint density at radius 3 is 2.38 bits per heavy atom. The van der Waals surface area contributed by atoms with Gasteiger partial charge >= 0.3 is 5.97 Å². The van der Waals surface area contributed by atoms with Crippen molar-refractivity contribution in [3.63, 3.8) is 0 Å². The van der Waals surface area contributed by atoms with Crippen LogP contribution in [0.1, 0.15) is 9.67 Å². The molecule has 2 aromatic rings. The summed E-state index contributed by atoms with van der Waals surface area (Å²) < 4.78 is 0. The van der Waals surface area contributed by atoms with Crippen LogP contribution in [0.2, 0.25) is 10.0 Å². The van der Waals surface area contributed by atoms with Crippen molar-refractivity contribution in [1.29, 1.82) is 0 Å². The lowest BCUT2D eigenvalue weighted by Gasteiger charge is -1.98. The number of rotatable bonds is 2. The Balaban J connectivity index is 2.46. The Hall–Kier alpha value is -1.10. The van der Waals surface area contributed by atoms with Gasteiger partial charge in [0.2, 0.25) is 0 Å². The first-order valence-corrected chi connectivity index (χ1v) is 5.79. The summed E-state index contributed by atoms with van der Waals surface area (Å²) in [4.78, 5) is 14.9. The van der Waals surface area contributed by atoms with Crippen molar-refractivity contribution in [1.82, 2.24) is 4.98 Å². The number of aromatic carboxylic acids is 1. The van der Waals surface area contributed by atoms with Crippen molar-refractivity contribution < 1.29 is 9.90 Å². The zero-order valence-corrected chi connectivity index (χ0v) is 10.1. The predicted molar refractivity (Wildman–Crippen MR) is 64.5 cm³/mol. The third kappa shape index (κ3) is 2.35. The second kappa shape index (κ2) is 4.41. The van der Waals surface area contributed by atoms with Crippen LogP contribution in [0.15, 0.2) is 24.4 Å². The first-order chi connectivity index (χ1) is 7.56. The number of hydrogen-bond acceptors (Lipinski definition) is 3. The fraction of sp³-hybridized carbons (Fsp3) is 0. The normalized spacial score (nSPS) is 10.4. The SMILES string of the molecule is O=C(O)c1cnc(-c2cc(Cl)cc(Cl)c2)s1. The predicted octanol–water partition coefficient (Wildman–Crippen LogP) is 3.82. The van der Waals surface area contributed by atoms with Gasteiger partial charge in [-0.05, 0) is 18.2 Å².